The number of amides is 5. The Morgan fingerprint density at radius 2 is 2.07 bits per heavy atom. The Kier molecular flexibility index (Phi) is 5.08. The number of hydrogen-bond donors (Lipinski definition) is 3. The molecule has 1 saturated carbocycles. The summed E-state index contributed by atoms with van der Waals surface area (Å²) < 4.78 is 0. The molecule has 1 aliphatic carbocycles. The van der Waals surface area contributed by atoms with Crippen LogP contribution in [0.2, 0.25) is 0 Å². The normalized spacial score (nSPS) is 26.5. The fourth-order valence-electron chi connectivity index (χ4n) is 4.21. The van der Waals surface area contributed by atoms with Crippen LogP contribution in [0.25, 0.3) is 0 Å². The standard InChI is InChI=1S/C20H26N6O4/c1-20(13-4-5-13)18(29)26(19(30)24-20)11-16(27)23-14-6-7-15(22-9-14)25-8-2-3-12(10-25)17(21)28/h6-7,9,12-13H,2-5,8,10-11H2,1H3,(H2,21,28)(H,23,27)(H,24,30). The third-order valence-corrected chi connectivity index (χ3v) is 6.18. The van der Waals surface area contributed by atoms with E-state index in [9.17, 15) is 19.2 Å². The number of aromatic nitrogens is 1. The first-order chi connectivity index (χ1) is 14.3. The zero-order valence-corrected chi connectivity index (χ0v) is 16.9. The molecule has 1 aromatic rings. The van der Waals surface area contributed by atoms with Crippen LogP contribution in [0.4, 0.5) is 16.3 Å². The maximum absolute atomic E-state index is 12.6. The summed E-state index contributed by atoms with van der Waals surface area (Å²) in [5.41, 5.74) is 4.98. The van der Waals surface area contributed by atoms with Gasteiger partial charge in [0.05, 0.1) is 17.8 Å². The number of piperidine rings is 1. The lowest BCUT2D eigenvalue weighted by Gasteiger charge is -2.32. The highest BCUT2D eigenvalue weighted by atomic mass is 16.2. The number of nitrogens with one attached hydrogen (secondary N) is 2. The summed E-state index contributed by atoms with van der Waals surface area (Å²) in [6.45, 7) is 2.68. The summed E-state index contributed by atoms with van der Waals surface area (Å²) in [7, 11) is 0. The van der Waals surface area contributed by atoms with Gasteiger partial charge >= 0.3 is 6.03 Å². The Bertz CT molecular complexity index is 884. The van der Waals surface area contributed by atoms with Crippen molar-refractivity contribution in [1.29, 1.82) is 0 Å². The van der Waals surface area contributed by atoms with Crippen molar-refractivity contribution in [3.05, 3.63) is 18.3 Å². The number of nitrogens with zero attached hydrogens (tertiary/aromatic N) is 3. The predicted molar refractivity (Wildman–Crippen MR) is 108 cm³/mol. The molecular formula is C20H26N6O4. The van der Waals surface area contributed by atoms with Crippen molar-refractivity contribution in [2.75, 3.05) is 29.9 Å². The van der Waals surface area contributed by atoms with E-state index in [1.807, 2.05) is 4.90 Å². The van der Waals surface area contributed by atoms with Gasteiger partial charge in [-0.05, 0) is 50.7 Å². The average Bonchev–Trinajstić information content (AvgIpc) is 3.55. The summed E-state index contributed by atoms with van der Waals surface area (Å²) in [4.78, 5) is 56.0. The molecular weight excluding hydrogens is 388 g/mol. The van der Waals surface area contributed by atoms with Crippen LogP contribution >= 0.6 is 0 Å². The number of carbonyl (C=O) groups is 4. The van der Waals surface area contributed by atoms with Crippen LogP contribution in [0, 0.1) is 11.8 Å². The molecule has 2 atom stereocenters. The Morgan fingerprint density at radius 1 is 1.30 bits per heavy atom. The van der Waals surface area contributed by atoms with Crippen LogP contribution in [-0.4, -0.2) is 58.8 Å². The second kappa shape index (κ2) is 7.58. The van der Waals surface area contributed by atoms with Crippen LogP contribution in [0.15, 0.2) is 18.3 Å². The third kappa shape index (κ3) is 3.81. The Labute approximate surface area is 174 Å². The van der Waals surface area contributed by atoms with Crippen molar-refractivity contribution in [3.63, 3.8) is 0 Å². The number of pyridine rings is 1. The number of imide groups is 1. The van der Waals surface area contributed by atoms with E-state index >= 15 is 0 Å². The topological polar surface area (TPSA) is 138 Å². The Hall–Kier alpha value is -3.17. The number of carbonyl (C=O) groups excluding carboxylic acids is 4. The largest absolute Gasteiger partial charge is 0.369 e. The molecule has 0 spiro atoms. The summed E-state index contributed by atoms with van der Waals surface area (Å²) in [5.74, 6) is -0.476. The molecule has 4 N–H and O–H groups in total. The summed E-state index contributed by atoms with van der Waals surface area (Å²) in [6.07, 6.45) is 4.96. The van der Waals surface area contributed by atoms with E-state index in [0.29, 0.717) is 18.1 Å². The minimum atomic E-state index is -0.905. The maximum atomic E-state index is 12.6. The van der Waals surface area contributed by atoms with Gasteiger partial charge in [-0.3, -0.25) is 19.3 Å². The first kappa shape index (κ1) is 20.1. The van der Waals surface area contributed by atoms with Gasteiger partial charge in [0, 0.05) is 13.1 Å². The molecule has 160 valence electrons. The zero-order valence-electron chi connectivity index (χ0n) is 16.9. The lowest BCUT2D eigenvalue weighted by Crippen LogP contribution is -2.46. The first-order valence-electron chi connectivity index (χ1n) is 10.2. The number of nitrogens with two attached hydrogens (primary N) is 1. The summed E-state index contributed by atoms with van der Waals surface area (Å²) in [5, 5.41) is 5.39. The van der Waals surface area contributed by atoms with Gasteiger partial charge in [0.25, 0.3) is 5.91 Å². The van der Waals surface area contributed by atoms with E-state index in [-0.39, 0.29) is 30.2 Å². The van der Waals surface area contributed by atoms with E-state index < -0.39 is 17.5 Å². The monoisotopic (exact) mass is 414 g/mol. The van der Waals surface area contributed by atoms with Crippen LogP contribution in [-0.2, 0) is 14.4 Å². The number of anilines is 2. The molecule has 5 amide bonds. The molecule has 1 aromatic heterocycles. The van der Waals surface area contributed by atoms with E-state index in [2.05, 4.69) is 15.6 Å². The second-order valence-corrected chi connectivity index (χ2v) is 8.44. The van der Waals surface area contributed by atoms with Crippen molar-refractivity contribution < 1.29 is 19.2 Å². The van der Waals surface area contributed by atoms with Gasteiger partial charge in [0.15, 0.2) is 0 Å². The number of hydrogen-bond acceptors (Lipinski definition) is 6. The molecule has 30 heavy (non-hydrogen) atoms. The highest BCUT2D eigenvalue weighted by Gasteiger charge is 2.56. The molecule has 3 aliphatic rings. The molecule has 4 rings (SSSR count). The quantitative estimate of drug-likeness (QED) is 0.578. The molecule has 0 radical (unpaired) electrons. The Morgan fingerprint density at radius 3 is 2.70 bits per heavy atom. The minimum Gasteiger partial charge on any atom is -0.369 e. The van der Waals surface area contributed by atoms with Gasteiger partial charge in [-0.25, -0.2) is 9.78 Å². The van der Waals surface area contributed by atoms with Crippen molar-refractivity contribution in [1.82, 2.24) is 15.2 Å². The lowest BCUT2D eigenvalue weighted by atomic mass is 9.96. The first-order valence-corrected chi connectivity index (χ1v) is 10.2. The minimum absolute atomic E-state index is 0.141. The second-order valence-electron chi connectivity index (χ2n) is 8.44. The number of primary amides is 1. The molecule has 3 fully saturated rings. The molecule has 0 bridgehead atoms. The molecule has 10 heteroatoms. The Balaban J connectivity index is 1.34. The molecule has 3 heterocycles. The van der Waals surface area contributed by atoms with E-state index in [4.69, 9.17) is 5.73 Å². The fraction of sp³-hybridized carbons (Fsp3) is 0.550. The summed E-state index contributed by atoms with van der Waals surface area (Å²) >= 11 is 0. The highest BCUT2D eigenvalue weighted by Crippen LogP contribution is 2.42. The van der Waals surface area contributed by atoms with Crippen molar-refractivity contribution in [2.45, 2.75) is 38.1 Å². The van der Waals surface area contributed by atoms with Crippen LogP contribution in [0.3, 0.4) is 0 Å². The molecule has 2 unspecified atom stereocenters. The van der Waals surface area contributed by atoms with Gasteiger partial charge in [-0.1, -0.05) is 0 Å². The zero-order chi connectivity index (χ0) is 21.5. The van der Waals surface area contributed by atoms with Gasteiger partial charge < -0.3 is 21.3 Å². The van der Waals surface area contributed by atoms with E-state index in [1.165, 1.54) is 6.20 Å². The van der Waals surface area contributed by atoms with Crippen molar-refractivity contribution in [3.8, 4) is 0 Å². The van der Waals surface area contributed by atoms with Crippen molar-refractivity contribution >= 4 is 35.3 Å². The highest BCUT2D eigenvalue weighted by molar-refractivity contribution is 6.10. The number of urea groups is 1. The van der Waals surface area contributed by atoms with Gasteiger partial charge in [0.1, 0.15) is 17.9 Å². The summed E-state index contributed by atoms with van der Waals surface area (Å²) in [6, 6.07) is 2.93. The van der Waals surface area contributed by atoms with Crippen LogP contribution in [0.5, 0.6) is 0 Å². The van der Waals surface area contributed by atoms with Crippen LogP contribution in [0.1, 0.15) is 32.6 Å². The molecule has 2 saturated heterocycles. The van der Waals surface area contributed by atoms with Crippen molar-refractivity contribution in [2.24, 2.45) is 17.6 Å². The smallest absolute Gasteiger partial charge is 0.325 e. The van der Waals surface area contributed by atoms with E-state index in [0.717, 1.165) is 37.1 Å². The lowest BCUT2D eigenvalue weighted by molar-refractivity contribution is -0.134. The molecule has 0 aromatic carbocycles. The predicted octanol–water partition coefficient (Wildman–Crippen LogP) is 0.442. The van der Waals surface area contributed by atoms with E-state index in [1.54, 1.807) is 19.1 Å². The molecule has 10 nitrogen and oxygen atoms in total. The molecule has 2 aliphatic heterocycles. The average molecular weight is 414 g/mol. The fourth-order valence-corrected chi connectivity index (χ4v) is 4.21. The maximum Gasteiger partial charge on any atom is 0.325 e. The van der Waals surface area contributed by atoms with Gasteiger partial charge in [-0.15, -0.1) is 0 Å². The van der Waals surface area contributed by atoms with Gasteiger partial charge in [0.2, 0.25) is 11.8 Å². The van der Waals surface area contributed by atoms with Gasteiger partial charge in [-0.2, -0.15) is 0 Å². The SMILES string of the molecule is CC1(C2CC2)NC(=O)N(CC(=O)Nc2ccc(N3CCCC(C(N)=O)C3)nc2)C1=O. The van der Waals surface area contributed by atoms with Crippen LogP contribution < -0.4 is 21.3 Å². The third-order valence-electron chi connectivity index (χ3n) is 6.18. The number of rotatable bonds is 6.